The highest BCUT2D eigenvalue weighted by atomic mass is 16.6. The van der Waals surface area contributed by atoms with Crippen molar-refractivity contribution in [1.82, 2.24) is 0 Å². The molecule has 2 heterocycles. The third-order valence-electron chi connectivity index (χ3n) is 4.61. The number of aliphatic imine (C=N–C) groups is 1. The summed E-state index contributed by atoms with van der Waals surface area (Å²) in [5.41, 5.74) is 2.63. The molecule has 1 amide bonds. The maximum atomic E-state index is 12.2. The normalized spacial score (nSPS) is 17.8. The molecule has 6 heteroatoms. The summed E-state index contributed by atoms with van der Waals surface area (Å²) in [6.45, 7) is 3.27. The highest BCUT2D eigenvalue weighted by Crippen LogP contribution is 2.24. The van der Waals surface area contributed by atoms with Gasteiger partial charge in [0.2, 0.25) is 11.8 Å². The summed E-state index contributed by atoms with van der Waals surface area (Å²) >= 11 is 0. The van der Waals surface area contributed by atoms with Gasteiger partial charge in [-0.2, -0.15) is 0 Å². The lowest BCUT2D eigenvalue weighted by Crippen LogP contribution is -2.23. The van der Waals surface area contributed by atoms with E-state index in [1.54, 1.807) is 11.0 Å². The Hall–Kier alpha value is -3.41. The predicted molar refractivity (Wildman–Crippen MR) is 106 cm³/mol. The van der Waals surface area contributed by atoms with Gasteiger partial charge in [-0.25, -0.2) is 9.79 Å². The van der Waals surface area contributed by atoms with Gasteiger partial charge in [0.1, 0.15) is 5.75 Å². The van der Waals surface area contributed by atoms with Crippen LogP contribution >= 0.6 is 0 Å². The molecule has 0 aromatic heterocycles. The summed E-state index contributed by atoms with van der Waals surface area (Å²) in [5, 5.41) is 0. The smallest absolute Gasteiger partial charge is 0.363 e. The molecule has 0 aliphatic carbocycles. The summed E-state index contributed by atoms with van der Waals surface area (Å²) in [7, 11) is 0. The maximum Gasteiger partial charge on any atom is 0.363 e. The standard InChI is InChI=1S/C22H20N2O4/c1-2-27-18-11-5-15(6-12-18)14-19-22(26)28-21(23-19)16-7-9-17(10-8-16)24-13-3-4-20(24)25/h5-12,14H,2-4,13H2,1H3. The van der Waals surface area contributed by atoms with Crippen molar-refractivity contribution in [2.75, 3.05) is 18.1 Å². The molecule has 0 atom stereocenters. The van der Waals surface area contributed by atoms with Crippen LogP contribution in [0.3, 0.4) is 0 Å². The largest absolute Gasteiger partial charge is 0.494 e. The maximum absolute atomic E-state index is 12.2. The van der Waals surface area contributed by atoms with Crippen LogP contribution in [0, 0.1) is 0 Å². The average molecular weight is 376 g/mol. The lowest BCUT2D eigenvalue weighted by molar-refractivity contribution is -0.130. The van der Waals surface area contributed by atoms with Crippen molar-refractivity contribution >= 4 is 29.5 Å². The predicted octanol–water partition coefficient (Wildman–Crippen LogP) is 3.56. The van der Waals surface area contributed by atoms with E-state index in [0.717, 1.165) is 30.0 Å². The number of esters is 1. The number of ether oxygens (including phenoxy) is 2. The molecule has 2 aromatic carbocycles. The molecular weight excluding hydrogens is 356 g/mol. The molecular formula is C22H20N2O4. The van der Waals surface area contributed by atoms with Crippen LogP contribution < -0.4 is 9.64 Å². The Bertz CT molecular complexity index is 959. The van der Waals surface area contributed by atoms with Crippen molar-refractivity contribution in [3.8, 4) is 5.75 Å². The number of hydrogen-bond acceptors (Lipinski definition) is 5. The van der Waals surface area contributed by atoms with Gasteiger partial charge < -0.3 is 14.4 Å². The Morgan fingerprint density at radius 2 is 1.86 bits per heavy atom. The number of amides is 1. The van der Waals surface area contributed by atoms with E-state index in [4.69, 9.17) is 9.47 Å². The van der Waals surface area contributed by atoms with Crippen LogP contribution in [-0.2, 0) is 14.3 Å². The molecule has 1 saturated heterocycles. The minimum Gasteiger partial charge on any atom is -0.494 e. The molecule has 2 aromatic rings. The van der Waals surface area contributed by atoms with Crippen molar-refractivity contribution in [3.05, 3.63) is 65.4 Å². The van der Waals surface area contributed by atoms with E-state index >= 15 is 0 Å². The SMILES string of the molecule is CCOc1ccc(C=C2N=C(c3ccc(N4CCCC4=O)cc3)OC2=O)cc1. The number of cyclic esters (lactones) is 1. The van der Waals surface area contributed by atoms with Gasteiger partial charge in [-0.05, 0) is 61.4 Å². The zero-order valence-corrected chi connectivity index (χ0v) is 15.6. The second-order valence-electron chi connectivity index (χ2n) is 6.53. The molecule has 0 unspecified atom stereocenters. The van der Waals surface area contributed by atoms with Crippen molar-refractivity contribution in [1.29, 1.82) is 0 Å². The first-order valence-corrected chi connectivity index (χ1v) is 9.30. The molecule has 0 spiro atoms. The number of hydrogen-bond donors (Lipinski definition) is 0. The molecule has 6 nitrogen and oxygen atoms in total. The molecule has 0 N–H and O–H groups in total. The summed E-state index contributed by atoms with van der Waals surface area (Å²) < 4.78 is 10.7. The van der Waals surface area contributed by atoms with E-state index in [9.17, 15) is 9.59 Å². The first-order chi connectivity index (χ1) is 13.6. The van der Waals surface area contributed by atoms with E-state index in [0.29, 0.717) is 18.6 Å². The lowest BCUT2D eigenvalue weighted by atomic mass is 10.2. The molecule has 1 fully saturated rings. The Morgan fingerprint density at radius 1 is 1.11 bits per heavy atom. The first-order valence-electron chi connectivity index (χ1n) is 9.30. The monoisotopic (exact) mass is 376 g/mol. The number of rotatable bonds is 5. The number of carbonyl (C=O) groups excluding carboxylic acids is 2. The second kappa shape index (κ2) is 7.68. The van der Waals surface area contributed by atoms with E-state index < -0.39 is 5.97 Å². The number of nitrogens with zero attached hydrogens (tertiary/aromatic N) is 2. The topological polar surface area (TPSA) is 68.2 Å². The van der Waals surface area contributed by atoms with Crippen LogP contribution in [0.5, 0.6) is 5.75 Å². The minimum atomic E-state index is -0.484. The van der Waals surface area contributed by atoms with Gasteiger partial charge in [0.25, 0.3) is 0 Å². The first kappa shape index (κ1) is 18.0. The van der Waals surface area contributed by atoms with Crippen LogP contribution in [0.15, 0.2) is 59.2 Å². The summed E-state index contributed by atoms with van der Waals surface area (Å²) in [4.78, 5) is 30.1. The fourth-order valence-electron chi connectivity index (χ4n) is 3.22. The zero-order chi connectivity index (χ0) is 19.5. The highest BCUT2D eigenvalue weighted by Gasteiger charge is 2.25. The third-order valence-corrected chi connectivity index (χ3v) is 4.61. The quantitative estimate of drug-likeness (QED) is 0.591. The molecule has 142 valence electrons. The van der Waals surface area contributed by atoms with Gasteiger partial charge in [-0.15, -0.1) is 0 Å². The van der Waals surface area contributed by atoms with Gasteiger partial charge >= 0.3 is 5.97 Å². The summed E-state index contributed by atoms with van der Waals surface area (Å²) in [6, 6.07) is 14.7. The fourth-order valence-corrected chi connectivity index (χ4v) is 3.22. The third kappa shape index (κ3) is 3.67. The fraction of sp³-hybridized carbons (Fsp3) is 0.227. The lowest BCUT2D eigenvalue weighted by Gasteiger charge is -2.15. The van der Waals surface area contributed by atoms with Crippen molar-refractivity contribution < 1.29 is 19.1 Å². The highest BCUT2D eigenvalue weighted by molar-refractivity contribution is 6.13. The number of carbonyl (C=O) groups is 2. The minimum absolute atomic E-state index is 0.137. The van der Waals surface area contributed by atoms with Crippen molar-refractivity contribution in [3.63, 3.8) is 0 Å². The van der Waals surface area contributed by atoms with Crippen molar-refractivity contribution in [2.45, 2.75) is 19.8 Å². The van der Waals surface area contributed by atoms with E-state index in [1.165, 1.54) is 0 Å². The molecule has 28 heavy (non-hydrogen) atoms. The average Bonchev–Trinajstić information content (AvgIpc) is 3.29. The van der Waals surface area contributed by atoms with Gasteiger partial charge in [0.15, 0.2) is 5.70 Å². The van der Waals surface area contributed by atoms with E-state index in [2.05, 4.69) is 4.99 Å². The molecule has 2 aliphatic rings. The zero-order valence-electron chi connectivity index (χ0n) is 15.6. The van der Waals surface area contributed by atoms with Gasteiger partial charge in [-0.3, -0.25) is 4.79 Å². The Balaban J connectivity index is 1.52. The Morgan fingerprint density at radius 3 is 2.50 bits per heavy atom. The molecule has 0 radical (unpaired) electrons. The van der Waals surface area contributed by atoms with E-state index in [-0.39, 0.29) is 17.5 Å². The Labute approximate surface area is 163 Å². The van der Waals surface area contributed by atoms with Crippen LogP contribution in [0.2, 0.25) is 0 Å². The van der Waals surface area contributed by atoms with Crippen molar-refractivity contribution in [2.24, 2.45) is 4.99 Å². The molecule has 2 aliphatic heterocycles. The van der Waals surface area contributed by atoms with Gasteiger partial charge in [0, 0.05) is 24.2 Å². The van der Waals surface area contributed by atoms with E-state index in [1.807, 2.05) is 55.5 Å². The summed E-state index contributed by atoms with van der Waals surface area (Å²) in [5.74, 6) is 0.696. The number of anilines is 1. The van der Waals surface area contributed by atoms with Gasteiger partial charge in [-0.1, -0.05) is 12.1 Å². The molecule has 0 saturated carbocycles. The van der Waals surface area contributed by atoms with Crippen LogP contribution in [0.4, 0.5) is 5.69 Å². The summed E-state index contributed by atoms with van der Waals surface area (Å²) in [6.07, 6.45) is 3.15. The van der Waals surface area contributed by atoms with Crippen LogP contribution in [-0.4, -0.2) is 30.9 Å². The van der Waals surface area contributed by atoms with Crippen LogP contribution in [0.1, 0.15) is 30.9 Å². The molecule has 4 rings (SSSR count). The Kier molecular flexibility index (Phi) is 4.93. The number of benzene rings is 2. The second-order valence-corrected chi connectivity index (χ2v) is 6.53. The van der Waals surface area contributed by atoms with Crippen LogP contribution in [0.25, 0.3) is 6.08 Å². The van der Waals surface area contributed by atoms with Gasteiger partial charge in [0.05, 0.1) is 6.61 Å². The molecule has 0 bridgehead atoms.